The van der Waals surface area contributed by atoms with E-state index >= 15 is 0 Å². The van der Waals surface area contributed by atoms with Crippen LogP contribution in [0.25, 0.3) is 15.2 Å². The zero-order valence-electron chi connectivity index (χ0n) is 13.8. The number of carbonyl (C=O) groups is 1. The highest BCUT2D eigenvalue weighted by molar-refractivity contribution is 7.24. The van der Waals surface area contributed by atoms with Crippen LogP contribution in [0.5, 0.6) is 11.5 Å². The maximum Gasteiger partial charge on any atom is 0.258 e. The third-order valence-corrected chi connectivity index (χ3v) is 5.18. The quantitative estimate of drug-likeness (QED) is 0.574. The number of rotatable bonds is 4. The molecule has 1 amide bonds. The Labute approximate surface area is 157 Å². The van der Waals surface area contributed by atoms with Crippen LogP contribution in [-0.4, -0.2) is 34.7 Å². The third kappa shape index (κ3) is 2.63. The number of hydrogen-bond donors (Lipinski definition) is 1. The molecule has 4 aromatic rings. The summed E-state index contributed by atoms with van der Waals surface area (Å²) >= 11 is 7.27. The molecule has 1 N–H and O–H groups in total. The molecule has 0 aliphatic carbocycles. The molecule has 9 heteroatoms. The number of hydrogen-bond acceptors (Lipinski definition) is 6. The highest BCUT2D eigenvalue weighted by Gasteiger charge is 2.20. The molecule has 0 unspecified atom stereocenters. The standard InChI is InChI=1S/C17H13ClN4O3S/c1-24-11-7-8-12(25-2)14-13(11)22-16(20-21-17(22)26-14)19-15(23)9-3-5-10(18)6-4-9/h3-8H,1-2H3,(H,19,20,23). The number of thiazole rings is 1. The molecule has 0 saturated carbocycles. The van der Waals surface area contributed by atoms with Crippen molar-refractivity contribution in [3.63, 3.8) is 0 Å². The van der Waals surface area contributed by atoms with E-state index in [1.165, 1.54) is 11.3 Å². The van der Waals surface area contributed by atoms with Gasteiger partial charge in [-0.25, -0.2) is 4.40 Å². The van der Waals surface area contributed by atoms with Crippen molar-refractivity contribution in [2.45, 2.75) is 0 Å². The first kappa shape index (κ1) is 16.6. The van der Waals surface area contributed by atoms with Crippen molar-refractivity contribution in [3.05, 3.63) is 47.0 Å². The molecule has 7 nitrogen and oxygen atoms in total. The average molecular weight is 389 g/mol. The van der Waals surface area contributed by atoms with Gasteiger partial charge < -0.3 is 9.47 Å². The predicted octanol–water partition coefficient (Wildman–Crippen LogP) is 3.87. The Kier molecular flexibility index (Phi) is 4.14. The predicted molar refractivity (Wildman–Crippen MR) is 101 cm³/mol. The summed E-state index contributed by atoms with van der Waals surface area (Å²) < 4.78 is 13.5. The molecule has 4 rings (SSSR count). The van der Waals surface area contributed by atoms with E-state index in [1.807, 2.05) is 6.07 Å². The minimum Gasteiger partial charge on any atom is -0.495 e. The summed E-state index contributed by atoms with van der Waals surface area (Å²) in [6.45, 7) is 0. The van der Waals surface area contributed by atoms with Crippen LogP contribution in [0.3, 0.4) is 0 Å². The molecule has 0 spiro atoms. The van der Waals surface area contributed by atoms with Gasteiger partial charge in [0.25, 0.3) is 5.91 Å². The number of ether oxygens (including phenoxy) is 2. The number of anilines is 1. The second-order valence-electron chi connectivity index (χ2n) is 5.35. The monoisotopic (exact) mass is 388 g/mol. The largest absolute Gasteiger partial charge is 0.495 e. The van der Waals surface area contributed by atoms with Crippen molar-refractivity contribution in [2.24, 2.45) is 0 Å². The van der Waals surface area contributed by atoms with Gasteiger partial charge >= 0.3 is 0 Å². The number of benzene rings is 2. The summed E-state index contributed by atoms with van der Waals surface area (Å²) in [5.74, 6) is 1.33. The van der Waals surface area contributed by atoms with E-state index in [9.17, 15) is 4.79 Å². The van der Waals surface area contributed by atoms with Gasteiger partial charge in [-0.15, -0.1) is 10.2 Å². The van der Waals surface area contributed by atoms with Crippen molar-refractivity contribution in [1.29, 1.82) is 0 Å². The Bertz CT molecular complexity index is 1120. The fraction of sp³-hybridized carbons (Fsp3) is 0.118. The molecule has 2 aromatic heterocycles. The molecular formula is C17H13ClN4O3S. The number of fused-ring (bicyclic) bond motifs is 3. The number of nitrogens with one attached hydrogen (secondary N) is 1. The summed E-state index contributed by atoms with van der Waals surface area (Å²) in [5.41, 5.74) is 1.21. The highest BCUT2D eigenvalue weighted by atomic mass is 35.5. The Morgan fingerprint density at radius 1 is 1.08 bits per heavy atom. The van der Waals surface area contributed by atoms with E-state index in [1.54, 1.807) is 49.0 Å². The van der Waals surface area contributed by atoms with Crippen LogP contribution >= 0.6 is 22.9 Å². The number of halogens is 1. The van der Waals surface area contributed by atoms with Gasteiger partial charge in [0.2, 0.25) is 10.9 Å². The summed E-state index contributed by atoms with van der Waals surface area (Å²) in [5, 5.41) is 11.6. The molecule has 2 heterocycles. The lowest BCUT2D eigenvalue weighted by atomic mass is 10.2. The first-order valence-electron chi connectivity index (χ1n) is 7.58. The molecular weight excluding hydrogens is 376 g/mol. The van der Waals surface area contributed by atoms with Gasteiger partial charge in [0, 0.05) is 10.6 Å². The van der Waals surface area contributed by atoms with Crippen LogP contribution in [0, 0.1) is 0 Å². The van der Waals surface area contributed by atoms with Crippen LogP contribution in [0.1, 0.15) is 10.4 Å². The number of methoxy groups -OCH3 is 2. The zero-order chi connectivity index (χ0) is 18.3. The van der Waals surface area contributed by atoms with Crippen molar-refractivity contribution < 1.29 is 14.3 Å². The minimum atomic E-state index is -0.308. The smallest absolute Gasteiger partial charge is 0.258 e. The van der Waals surface area contributed by atoms with E-state index in [-0.39, 0.29) is 5.91 Å². The van der Waals surface area contributed by atoms with Crippen molar-refractivity contribution in [3.8, 4) is 11.5 Å². The van der Waals surface area contributed by atoms with E-state index in [4.69, 9.17) is 21.1 Å². The van der Waals surface area contributed by atoms with Crippen molar-refractivity contribution in [1.82, 2.24) is 14.6 Å². The molecule has 0 aliphatic heterocycles. The Morgan fingerprint density at radius 3 is 2.46 bits per heavy atom. The molecule has 26 heavy (non-hydrogen) atoms. The zero-order valence-corrected chi connectivity index (χ0v) is 15.4. The maximum absolute atomic E-state index is 12.5. The lowest BCUT2D eigenvalue weighted by molar-refractivity contribution is 0.102. The molecule has 132 valence electrons. The Hall–Kier alpha value is -2.84. The molecule has 0 fully saturated rings. The lowest BCUT2D eigenvalue weighted by Gasteiger charge is -2.07. The third-order valence-electron chi connectivity index (χ3n) is 3.88. The second-order valence-corrected chi connectivity index (χ2v) is 6.77. The molecule has 0 bridgehead atoms. The summed E-state index contributed by atoms with van der Waals surface area (Å²) in [6, 6.07) is 10.2. The van der Waals surface area contributed by atoms with Gasteiger partial charge in [-0.1, -0.05) is 22.9 Å². The molecule has 0 aliphatic rings. The second kappa shape index (κ2) is 6.47. The van der Waals surface area contributed by atoms with Gasteiger partial charge in [-0.3, -0.25) is 10.1 Å². The molecule has 0 radical (unpaired) electrons. The fourth-order valence-electron chi connectivity index (χ4n) is 2.66. The van der Waals surface area contributed by atoms with Crippen LogP contribution in [0.2, 0.25) is 5.02 Å². The number of carbonyl (C=O) groups excluding carboxylic acids is 1. The molecule has 0 atom stereocenters. The molecule has 2 aromatic carbocycles. The van der Waals surface area contributed by atoms with E-state index in [0.717, 1.165) is 10.2 Å². The minimum absolute atomic E-state index is 0.303. The van der Waals surface area contributed by atoms with Crippen LogP contribution in [0.4, 0.5) is 5.95 Å². The van der Waals surface area contributed by atoms with Gasteiger partial charge in [0.05, 0.1) is 14.2 Å². The first-order valence-corrected chi connectivity index (χ1v) is 8.77. The number of amides is 1. The topological polar surface area (TPSA) is 77.8 Å². The van der Waals surface area contributed by atoms with Gasteiger partial charge in [-0.2, -0.15) is 0 Å². The maximum atomic E-state index is 12.5. The van der Waals surface area contributed by atoms with Gasteiger partial charge in [-0.05, 0) is 36.4 Å². The summed E-state index contributed by atoms with van der Waals surface area (Å²) in [6.07, 6.45) is 0. The van der Waals surface area contributed by atoms with Gasteiger partial charge in [0.1, 0.15) is 21.7 Å². The lowest BCUT2D eigenvalue weighted by Crippen LogP contribution is -2.14. The van der Waals surface area contributed by atoms with Crippen LogP contribution in [0.15, 0.2) is 36.4 Å². The highest BCUT2D eigenvalue weighted by Crippen LogP contribution is 2.40. The normalized spacial score (nSPS) is 11.0. The fourth-order valence-corrected chi connectivity index (χ4v) is 3.86. The number of aromatic nitrogens is 3. The Morgan fingerprint density at radius 2 is 1.77 bits per heavy atom. The van der Waals surface area contributed by atoms with Gasteiger partial charge in [0.15, 0.2) is 0 Å². The molecule has 0 saturated heterocycles. The average Bonchev–Trinajstić information content (AvgIpc) is 3.21. The number of nitrogens with zero attached hydrogens (tertiary/aromatic N) is 3. The van der Waals surface area contributed by atoms with E-state index in [0.29, 0.717) is 33.0 Å². The van der Waals surface area contributed by atoms with Crippen LogP contribution < -0.4 is 14.8 Å². The SMILES string of the molecule is COc1ccc(OC)c2c1sc1nnc(NC(=O)c3ccc(Cl)cc3)n12. The summed E-state index contributed by atoms with van der Waals surface area (Å²) in [4.78, 5) is 13.1. The van der Waals surface area contributed by atoms with Crippen molar-refractivity contribution in [2.75, 3.05) is 19.5 Å². The summed E-state index contributed by atoms with van der Waals surface area (Å²) in [7, 11) is 3.19. The van der Waals surface area contributed by atoms with E-state index in [2.05, 4.69) is 15.5 Å². The first-order chi connectivity index (χ1) is 12.6. The van der Waals surface area contributed by atoms with E-state index < -0.39 is 0 Å². The van der Waals surface area contributed by atoms with Crippen molar-refractivity contribution >= 4 is 50.0 Å². The Balaban J connectivity index is 1.83. The van der Waals surface area contributed by atoms with Crippen LogP contribution in [-0.2, 0) is 0 Å².